The number of aromatic amines is 1. The molecule has 1 aromatic heterocycles. The number of pyridine rings is 1. The average molecular weight is 293 g/mol. The van der Waals surface area contributed by atoms with Crippen molar-refractivity contribution >= 4 is 16.7 Å². The summed E-state index contributed by atoms with van der Waals surface area (Å²) in [5, 5.41) is 1.51. The lowest BCUT2D eigenvalue weighted by molar-refractivity contribution is 0.0601. The van der Waals surface area contributed by atoms with Crippen molar-refractivity contribution in [2.45, 2.75) is 6.92 Å². The van der Waals surface area contributed by atoms with E-state index in [1.165, 1.54) is 7.11 Å². The molecule has 22 heavy (non-hydrogen) atoms. The van der Waals surface area contributed by atoms with Gasteiger partial charge in [0.2, 0.25) is 0 Å². The molecular formula is C18H15NO3. The Labute approximate surface area is 127 Å². The van der Waals surface area contributed by atoms with Crippen LogP contribution in [0.5, 0.6) is 0 Å². The molecule has 0 atom stereocenters. The molecule has 0 aliphatic heterocycles. The monoisotopic (exact) mass is 293 g/mol. The van der Waals surface area contributed by atoms with Gasteiger partial charge < -0.3 is 9.72 Å². The van der Waals surface area contributed by atoms with Crippen LogP contribution in [0.25, 0.3) is 21.9 Å². The quantitative estimate of drug-likeness (QED) is 0.738. The number of rotatable bonds is 2. The van der Waals surface area contributed by atoms with Gasteiger partial charge in [0.1, 0.15) is 0 Å². The third-order valence-corrected chi connectivity index (χ3v) is 3.74. The van der Waals surface area contributed by atoms with Gasteiger partial charge in [0.25, 0.3) is 5.56 Å². The Kier molecular flexibility index (Phi) is 3.51. The topological polar surface area (TPSA) is 59.2 Å². The fourth-order valence-electron chi connectivity index (χ4n) is 2.54. The fourth-order valence-corrected chi connectivity index (χ4v) is 2.54. The van der Waals surface area contributed by atoms with Crippen LogP contribution >= 0.6 is 0 Å². The van der Waals surface area contributed by atoms with Crippen LogP contribution in [0.2, 0.25) is 0 Å². The largest absolute Gasteiger partial charge is 0.465 e. The zero-order valence-electron chi connectivity index (χ0n) is 12.3. The van der Waals surface area contributed by atoms with Crippen molar-refractivity contribution in [1.29, 1.82) is 0 Å². The number of hydrogen-bond donors (Lipinski definition) is 1. The Hall–Kier alpha value is -2.88. The molecule has 1 N–H and O–H groups in total. The first-order valence-electron chi connectivity index (χ1n) is 6.91. The first kappa shape index (κ1) is 14.1. The highest BCUT2D eigenvalue weighted by atomic mass is 16.5. The first-order valence-corrected chi connectivity index (χ1v) is 6.91. The van der Waals surface area contributed by atoms with Crippen molar-refractivity contribution < 1.29 is 9.53 Å². The molecule has 110 valence electrons. The van der Waals surface area contributed by atoms with E-state index in [1.54, 1.807) is 18.3 Å². The van der Waals surface area contributed by atoms with Crippen LogP contribution in [0.4, 0.5) is 0 Å². The maximum Gasteiger partial charge on any atom is 0.337 e. The number of ether oxygens (including phenoxy) is 1. The minimum Gasteiger partial charge on any atom is -0.465 e. The number of carbonyl (C=O) groups is 1. The summed E-state index contributed by atoms with van der Waals surface area (Å²) in [5.41, 5.74) is 3.36. The first-order chi connectivity index (χ1) is 10.6. The van der Waals surface area contributed by atoms with Crippen LogP contribution in [0.3, 0.4) is 0 Å². The van der Waals surface area contributed by atoms with Crippen molar-refractivity contribution in [3.8, 4) is 11.1 Å². The maximum absolute atomic E-state index is 11.8. The van der Waals surface area contributed by atoms with Gasteiger partial charge in [-0.25, -0.2) is 4.79 Å². The van der Waals surface area contributed by atoms with Gasteiger partial charge in [-0.05, 0) is 59.3 Å². The Morgan fingerprint density at radius 2 is 1.91 bits per heavy atom. The fraction of sp³-hybridized carbons (Fsp3) is 0.111. The van der Waals surface area contributed by atoms with E-state index in [0.29, 0.717) is 10.9 Å². The molecule has 0 spiro atoms. The van der Waals surface area contributed by atoms with Crippen molar-refractivity contribution in [2.24, 2.45) is 0 Å². The van der Waals surface area contributed by atoms with E-state index in [1.807, 2.05) is 37.3 Å². The van der Waals surface area contributed by atoms with Gasteiger partial charge >= 0.3 is 5.97 Å². The standard InChI is InChI=1S/C18H15NO3/c1-11-3-4-14(18(21)22-2)10-16(11)12-5-6-15-13(9-12)7-8-19-17(15)20/h3-10H,1-2H3,(H,19,20). The van der Waals surface area contributed by atoms with E-state index in [2.05, 4.69) is 4.98 Å². The molecular weight excluding hydrogens is 278 g/mol. The highest BCUT2D eigenvalue weighted by Crippen LogP contribution is 2.27. The van der Waals surface area contributed by atoms with Crippen LogP contribution < -0.4 is 5.56 Å². The Morgan fingerprint density at radius 1 is 1.09 bits per heavy atom. The van der Waals surface area contributed by atoms with Gasteiger partial charge in [0.05, 0.1) is 12.7 Å². The van der Waals surface area contributed by atoms with E-state index in [-0.39, 0.29) is 11.5 Å². The number of esters is 1. The van der Waals surface area contributed by atoms with Gasteiger partial charge in [-0.2, -0.15) is 0 Å². The van der Waals surface area contributed by atoms with Crippen LogP contribution in [0, 0.1) is 6.92 Å². The number of benzene rings is 2. The average Bonchev–Trinajstić information content (AvgIpc) is 2.54. The molecule has 0 radical (unpaired) electrons. The number of aryl methyl sites for hydroxylation is 1. The molecule has 3 aromatic rings. The lowest BCUT2D eigenvalue weighted by Crippen LogP contribution is -2.04. The third-order valence-electron chi connectivity index (χ3n) is 3.74. The number of methoxy groups -OCH3 is 1. The molecule has 0 saturated heterocycles. The number of fused-ring (bicyclic) bond motifs is 1. The maximum atomic E-state index is 11.8. The summed E-state index contributed by atoms with van der Waals surface area (Å²) in [6, 6.07) is 13.0. The van der Waals surface area contributed by atoms with E-state index in [9.17, 15) is 9.59 Å². The second-order valence-corrected chi connectivity index (χ2v) is 5.13. The van der Waals surface area contributed by atoms with E-state index in [4.69, 9.17) is 4.74 Å². The van der Waals surface area contributed by atoms with Gasteiger partial charge in [-0.3, -0.25) is 4.79 Å². The summed E-state index contributed by atoms with van der Waals surface area (Å²) < 4.78 is 4.77. The van der Waals surface area contributed by atoms with E-state index >= 15 is 0 Å². The van der Waals surface area contributed by atoms with Gasteiger partial charge in [-0.1, -0.05) is 12.1 Å². The molecule has 0 aliphatic carbocycles. The molecule has 4 nitrogen and oxygen atoms in total. The number of H-pyrrole nitrogens is 1. The number of nitrogens with one attached hydrogen (secondary N) is 1. The molecule has 1 heterocycles. The van der Waals surface area contributed by atoms with E-state index < -0.39 is 0 Å². The SMILES string of the molecule is COC(=O)c1ccc(C)c(-c2ccc3c(=O)[nH]ccc3c2)c1. The lowest BCUT2D eigenvalue weighted by Gasteiger charge is -2.09. The summed E-state index contributed by atoms with van der Waals surface area (Å²) >= 11 is 0. The Balaban J connectivity index is 2.18. The molecule has 2 aromatic carbocycles. The molecule has 0 saturated carbocycles. The highest BCUT2D eigenvalue weighted by Gasteiger charge is 2.10. The Bertz CT molecular complexity index is 925. The van der Waals surface area contributed by atoms with Crippen LogP contribution in [0.15, 0.2) is 53.5 Å². The van der Waals surface area contributed by atoms with Crippen molar-refractivity contribution in [3.63, 3.8) is 0 Å². The second-order valence-electron chi connectivity index (χ2n) is 5.13. The summed E-state index contributed by atoms with van der Waals surface area (Å²) in [7, 11) is 1.37. The lowest BCUT2D eigenvalue weighted by atomic mass is 9.96. The summed E-state index contributed by atoms with van der Waals surface area (Å²) in [4.78, 5) is 26.1. The number of carbonyl (C=O) groups excluding carboxylic acids is 1. The zero-order valence-corrected chi connectivity index (χ0v) is 12.3. The van der Waals surface area contributed by atoms with Crippen molar-refractivity contribution in [1.82, 2.24) is 4.98 Å². The predicted molar refractivity (Wildman–Crippen MR) is 86.1 cm³/mol. The van der Waals surface area contributed by atoms with Crippen LogP contribution in [-0.4, -0.2) is 18.1 Å². The molecule has 0 aliphatic rings. The van der Waals surface area contributed by atoms with Crippen molar-refractivity contribution in [3.05, 3.63) is 70.1 Å². The minimum atomic E-state index is -0.363. The third kappa shape index (κ3) is 2.39. The number of aromatic nitrogens is 1. The molecule has 0 bridgehead atoms. The van der Waals surface area contributed by atoms with E-state index in [0.717, 1.165) is 22.1 Å². The summed E-state index contributed by atoms with van der Waals surface area (Å²) in [6.45, 7) is 1.98. The Morgan fingerprint density at radius 3 is 2.68 bits per heavy atom. The van der Waals surface area contributed by atoms with Crippen molar-refractivity contribution in [2.75, 3.05) is 7.11 Å². The minimum absolute atomic E-state index is 0.107. The highest BCUT2D eigenvalue weighted by molar-refractivity contribution is 5.92. The zero-order chi connectivity index (χ0) is 15.7. The summed E-state index contributed by atoms with van der Waals surface area (Å²) in [5.74, 6) is -0.363. The van der Waals surface area contributed by atoms with Gasteiger partial charge in [0, 0.05) is 11.6 Å². The van der Waals surface area contributed by atoms with Crippen LogP contribution in [0.1, 0.15) is 15.9 Å². The predicted octanol–water partition coefficient (Wildman–Crippen LogP) is 3.29. The molecule has 3 rings (SSSR count). The molecule has 4 heteroatoms. The number of hydrogen-bond acceptors (Lipinski definition) is 3. The molecule has 0 unspecified atom stereocenters. The van der Waals surface area contributed by atoms with Crippen LogP contribution in [-0.2, 0) is 4.74 Å². The molecule has 0 fully saturated rings. The second kappa shape index (κ2) is 5.48. The van der Waals surface area contributed by atoms with Gasteiger partial charge in [0.15, 0.2) is 0 Å². The summed E-state index contributed by atoms with van der Waals surface area (Å²) in [6.07, 6.45) is 1.63. The smallest absolute Gasteiger partial charge is 0.337 e. The normalized spacial score (nSPS) is 10.6. The van der Waals surface area contributed by atoms with Gasteiger partial charge in [-0.15, -0.1) is 0 Å². The molecule has 0 amide bonds.